The largest absolute Gasteiger partial charge is 0.452 e. The number of hydrogen-bond donors (Lipinski definition) is 1. The molecule has 1 aromatic heterocycles. The first kappa shape index (κ1) is 18.5. The second-order valence-corrected chi connectivity index (χ2v) is 7.22. The molecule has 10 heteroatoms. The Labute approximate surface area is 129 Å². The Balaban J connectivity index is 3.23. The van der Waals surface area contributed by atoms with Gasteiger partial charge in [-0.25, -0.2) is 8.42 Å². The molecule has 0 radical (unpaired) electrons. The molecule has 0 aromatic carbocycles. The normalized spacial score (nSPS) is 13.4. The van der Waals surface area contributed by atoms with Gasteiger partial charge in [-0.15, -0.1) is 0 Å². The third kappa shape index (κ3) is 4.70. The van der Waals surface area contributed by atoms with Crippen molar-refractivity contribution in [2.45, 2.75) is 37.5 Å². The molecule has 0 saturated heterocycles. The predicted octanol–water partition coefficient (Wildman–Crippen LogP) is 2.72. The van der Waals surface area contributed by atoms with Crippen molar-refractivity contribution in [2.24, 2.45) is 0 Å². The van der Waals surface area contributed by atoms with E-state index in [1.54, 1.807) is 7.05 Å². The van der Waals surface area contributed by atoms with Crippen molar-refractivity contribution in [1.82, 2.24) is 9.62 Å². The first-order valence-electron chi connectivity index (χ1n) is 6.00. The Kier molecular flexibility index (Phi) is 5.87. The number of nitrogens with one attached hydrogen (secondary N) is 1. The number of furan rings is 1. The molecule has 1 heterocycles. The molecule has 0 saturated carbocycles. The second kappa shape index (κ2) is 6.67. The van der Waals surface area contributed by atoms with Crippen LogP contribution in [0.1, 0.15) is 19.6 Å². The predicted molar refractivity (Wildman–Crippen MR) is 74.3 cm³/mol. The van der Waals surface area contributed by atoms with Crippen LogP contribution in [0.25, 0.3) is 0 Å². The molecule has 21 heavy (non-hydrogen) atoms. The summed E-state index contributed by atoms with van der Waals surface area (Å²) < 4.78 is 68.0. The number of nitrogens with zero attached hydrogens (tertiary/aromatic N) is 1. The minimum absolute atomic E-state index is 0.111. The summed E-state index contributed by atoms with van der Waals surface area (Å²) >= 11 is 2.94. The molecule has 0 amide bonds. The van der Waals surface area contributed by atoms with E-state index in [4.69, 9.17) is 4.42 Å². The quantitative estimate of drug-likeness (QED) is 0.808. The lowest BCUT2D eigenvalue weighted by molar-refractivity contribution is -0.138. The van der Waals surface area contributed by atoms with Gasteiger partial charge in [0.1, 0.15) is 17.2 Å². The van der Waals surface area contributed by atoms with Crippen LogP contribution in [0.2, 0.25) is 0 Å². The minimum Gasteiger partial charge on any atom is -0.452 e. The third-order valence-corrected chi connectivity index (χ3v) is 5.43. The van der Waals surface area contributed by atoms with E-state index in [-0.39, 0.29) is 16.1 Å². The highest BCUT2D eigenvalue weighted by Gasteiger charge is 2.40. The second-order valence-electron chi connectivity index (χ2n) is 4.64. The fraction of sp³-hybridized carbons (Fsp3) is 0.636. The molecule has 0 aliphatic rings. The standard InChI is InChI=1S/C11H16BrF3N2O3S/c1-7(2)17(6-11(13,14)15)21(18,19)9-4-8(5-16-3)20-10(9)12/h4,7,16H,5-6H2,1-3H3. The lowest BCUT2D eigenvalue weighted by atomic mass is 10.4. The minimum atomic E-state index is -4.62. The lowest BCUT2D eigenvalue weighted by Crippen LogP contribution is -2.43. The van der Waals surface area contributed by atoms with Crippen LogP contribution in [0.15, 0.2) is 20.0 Å². The van der Waals surface area contributed by atoms with E-state index in [1.807, 2.05) is 0 Å². The summed E-state index contributed by atoms with van der Waals surface area (Å²) in [6.07, 6.45) is -4.62. The van der Waals surface area contributed by atoms with Gasteiger partial charge in [-0.05, 0) is 36.8 Å². The van der Waals surface area contributed by atoms with Crippen LogP contribution in [0.4, 0.5) is 13.2 Å². The molecule has 1 aromatic rings. The monoisotopic (exact) mass is 392 g/mol. The Bertz CT molecular complexity index is 584. The summed E-state index contributed by atoms with van der Waals surface area (Å²) in [5.74, 6) is 0.304. The van der Waals surface area contributed by atoms with E-state index in [2.05, 4.69) is 21.2 Å². The van der Waals surface area contributed by atoms with Crippen LogP contribution in [0.5, 0.6) is 0 Å². The topological polar surface area (TPSA) is 62.6 Å². The summed E-state index contributed by atoms with van der Waals surface area (Å²) in [6.45, 7) is 1.47. The van der Waals surface area contributed by atoms with Crippen molar-refractivity contribution in [3.63, 3.8) is 0 Å². The van der Waals surface area contributed by atoms with Crippen molar-refractivity contribution in [3.8, 4) is 0 Å². The maximum atomic E-state index is 12.6. The zero-order valence-electron chi connectivity index (χ0n) is 11.7. The summed E-state index contributed by atoms with van der Waals surface area (Å²) in [5, 5.41) is 2.76. The Morgan fingerprint density at radius 2 is 2.00 bits per heavy atom. The van der Waals surface area contributed by atoms with Crippen molar-refractivity contribution < 1.29 is 26.0 Å². The van der Waals surface area contributed by atoms with Crippen molar-refractivity contribution in [2.75, 3.05) is 13.6 Å². The lowest BCUT2D eigenvalue weighted by Gasteiger charge is -2.26. The number of rotatable bonds is 6. The highest BCUT2D eigenvalue weighted by atomic mass is 79.9. The Hall–Kier alpha value is -0.580. The van der Waals surface area contributed by atoms with Gasteiger partial charge < -0.3 is 9.73 Å². The van der Waals surface area contributed by atoms with Crippen LogP contribution in [-0.4, -0.2) is 38.5 Å². The fourth-order valence-electron chi connectivity index (χ4n) is 1.68. The zero-order valence-corrected chi connectivity index (χ0v) is 14.1. The molecule has 1 N–H and O–H groups in total. The third-order valence-electron chi connectivity index (χ3n) is 2.56. The summed E-state index contributed by atoms with van der Waals surface area (Å²) in [7, 11) is -2.68. The van der Waals surface area contributed by atoms with E-state index in [0.29, 0.717) is 10.1 Å². The molecular weight excluding hydrogens is 377 g/mol. The highest BCUT2D eigenvalue weighted by molar-refractivity contribution is 9.10. The molecule has 0 atom stereocenters. The van der Waals surface area contributed by atoms with Gasteiger partial charge in [-0.3, -0.25) is 0 Å². The van der Waals surface area contributed by atoms with E-state index in [1.165, 1.54) is 19.9 Å². The number of sulfonamides is 1. The highest BCUT2D eigenvalue weighted by Crippen LogP contribution is 2.31. The summed E-state index contributed by atoms with van der Waals surface area (Å²) in [4.78, 5) is -0.314. The first-order valence-corrected chi connectivity index (χ1v) is 8.23. The summed E-state index contributed by atoms with van der Waals surface area (Å²) in [5.41, 5.74) is 0. The number of hydrogen-bond acceptors (Lipinski definition) is 4. The van der Waals surface area contributed by atoms with Crippen LogP contribution in [0.3, 0.4) is 0 Å². The average molecular weight is 393 g/mol. The van der Waals surface area contributed by atoms with Crippen LogP contribution < -0.4 is 5.32 Å². The fourth-order valence-corrected chi connectivity index (χ4v) is 4.27. The van der Waals surface area contributed by atoms with Gasteiger partial charge >= 0.3 is 6.18 Å². The molecule has 122 valence electrons. The molecule has 5 nitrogen and oxygen atoms in total. The van der Waals surface area contributed by atoms with E-state index < -0.39 is 28.8 Å². The van der Waals surface area contributed by atoms with Gasteiger partial charge in [-0.2, -0.15) is 17.5 Å². The van der Waals surface area contributed by atoms with E-state index >= 15 is 0 Å². The van der Waals surface area contributed by atoms with Crippen molar-refractivity contribution in [1.29, 1.82) is 0 Å². The molecular formula is C11H16BrF3N2O3S. The molecule has 0 bridgehead atoms. The first-order chi connectivity index (χ1) is 9.49. The SMILES string of the molecule is CNCc1cc(S(=O)(=O)N(CC(F)(F)F)C(C)C)c(Br)o1. The van der Waals surface area contributed by atoms with Gasteiger partial charge in [0.2, 0.25) is 10.0 Å². The molecule has 0 fully saturated rings. The average Bonchev–Trinajstić information content (AvgIpc) is 2.67. The molecule has 0 unspecified atom stereocenters. The maximum Gasteiger partial charge on any atom is 0.402 e. The number of halogens is 4. The smallest absolute Gasteiger partial charge is 0.402 e. The zero-order chi connectivity index (χ0) is 16.4. The molecule has 0 spiro atoms. The molecule has 0 aliphatic heterocycles. The van der Waals surface area contributed by atoms with Crippen molar-refractivity contribution in [3.05, 3.63) is 16.5 Å². The Morgan fingerprint density at radius 3 is 2.43 bits per heavy atom. The molecule has 1 rings (SSSR count). The number of alkyl halides is 3. The van der Waals surface area contributed by atoms with Gasteiger partial charge in [0.25, 0.3) is 0 Å². The van der Waals surface area contributed by atoms with E-state index in [9.17, 15) is 21.6 Å². The van der Waals surface area contributed by atoms with E-state index in [0.717, 1.165) is 0 Å². The summed E-state index contributed by atoms with van der Waals surface area (Å²) in [6, 6.07) is 0.368. The van der Waals surface area contributed by atoms with Crippen LogP contribution in [0, 0.1) is 0 Å². The van der Waals surface area contributed by atoms with Gasteiger partial charge in [0, 0.05) is 12.1 Å². The van der Waals surface area contributed by atoms with Crippen LogP contribution >= 0.6 is 15.9 Å². The van der Waals surface area contributed by atoms with Gasteiger partial charge in [-0.1, -0.05) is 0 Å². The van der Waals surface area contributed by atoms with Crippen LogP contribution in [-0.2, 0) is 16.6 Å². The van der Waals surface area contributed by atoms with Gasteiger partial charge in [0.15, 0.2) is 4.67 Å². The Morgan fingerprint density at radius 1 is 1.43 bits per heavy atom. The maximum absolute atomic E-state index is 12.6. The van der Waals surface area contributed by atoms with Gasteiger partial charge in [0.05, 0.1) is 6.54 Å². The van der Waals surface area contributed by atoms with Crippen molar-refractivity contribution >= 4 is 26.0 Å². The molecule has 0 aliphatic carbocycles.